The van der Waals surface area contributed by atoms with E-state index >= 15 is 0 Å². The number of amides is 1. The first-order valence-corrected chi connectivity index (χ1v) is 13.7. The van der Waals surface area contributed by atoms with Gasteiger partial charge >= 0.3 is 0 Å². The summed E-state index contributed by atoms with van der Waals surface area (Å²) >= 11 is 5.97. The molecule has 0 bridgehead atoms. The normalized spacial score (nSPS) is 22.3. The van der Waals surface area contributed by atoms with Crippen molar-refractivity contribution in [3.8, 4) is 0 Å². The van der Waals surface area contributed by atoms with Crippen molar-refractivity contribution in [1.29, 1.82) is 0 Å². The molecular formula is C27H37ClN6O. The Morgan fingerprint density at radius 1 is 0.914 bits per heavy atom. The van der Waals surface area contributed by atoms with Crippen molar-refractivity contribution in [2.24, 2.45) is 0 Å². The van der Waals surface area contributed by atoms with E-state index in [2.05, 4.69) is 20.1 Å². The number of rotatable bonds is 6. The summed E-state index contributed by atoms with van der Waals surface area (Å²) in [6.45, 7) is 4.90. The number of piperidine rings is 1. The number of hydrogen-bond acceptors (Lipinski definition) is 6. The van der Waals surface area contributed by atoms with E-state index in [0.717, 1.165) is 69.3 Å². The minimum Gasteiger partial charge on any atom is -0.356 e. The largest absolute Gasteiger partial charge is 0.356 e. The first-order chi connectivity index (χ1) is 17.2. The van der Waals surface area contributed by atoms with E-state index in [0.29, 0.717) is 17.5 Å². The highest BCUT2D eigenvalue weighted by Crippen LogP contribution is 2.27. The van der Waals surface area contributed by atoms with E-state index in [1.807, 2.05) is 41.4 Å². The molecule has 3 aliphatic rings. The molecule has 1 unspecified atom stereocenters. The Morgan fingerprint density at radius 3 is 2.40 bits per heavy atom. The monoisotopic (exact) mass is 496 g/mol. The molecule has 2 aromatic rings. The molecule has 4 heterocycles. The van der Waals surface area contributed by atoms with Crippen molar-refractivity contribution in [1.82, 2.24) is 19.8 Å². The third-order valence-electron chi connectivity index (χ3n) is 7.72. The molecule has 0 aliphatic carbocycles. The number of benzene rings is 1. The van der Waals surface area contributed by atoms with Crippen LogP contribution in [-0.4, -0.2) is 70.6 Å². The molecule has 1 aromatic heterocycles. The molecule has 1 amide bonds. The first kappa shape index (κ1) is 24.3. The lowest BCUT2D eigenvalue weighted by atomic mass is 10.0. The van der Waals surface area contributed by atoms with E-state index in [1.54, 1.807) is 0 Å². The van der Waals surface area contributed by atoms with Gasteiger partial charge in [-0.1, -0.05) is 36.6 Å². The van der Waals surface area contributed by atoms with Gasteiger partial charge in [0.2, 0.25) is 11.9 Å². The van der Waals surface area contributed by atoms with Gasteiger partial charge in [0.15, 0.2) is 0 Å². The average Bonchev–Trinajstić information content (AvgIpc) is 3.16. The maximum atomic E-state index is 12.8. The second kappa shape index (κ2) is 11.6. The molecule has 0 radical (unpaired) electrons. The number of nitrogens with one attached hydrogen (secondary N) is 1. The van der Waals surface area contributed by atoms with Crippen molar-refractivity contribution >= 4 is 29.3 Å². The number of nitrogens with zero attached hydrogens (tertiary/aromatic N) is 5. The number of anilines is 2. The minimum absolute atomic E-state index is 0.209. The molecule has 0 spiro atoms. The molecule has 1 atom stereocenters. The Labute approximate surface area is 213 Å². The van der Waals surface area contributed by atoms with Crippen molar-refractivity contribution in [2.75, 3.05) is 42.9 Å². The van der Waals surface area contributed by atoms with Crippen LogP contribution in [0.2, 0.25) is 5.02 Å². The van der Waals surface area contributed by atoms with Gasteiger partial charge < -0.3 is 15.1 Å². The van der Waals surface area contributed by atoms with Crippen LogP contribution in [0.5, 0.6) is 0 Å². The average molecular weight is 497 g/mol. The fourth-order valence-electron chi connectivity index (χ4n) is 5.76. The van der Waals surface area contributed by atoms with Crippen LogP contribution in [0.15, 0.2) is 36.5 Å². The quantitative estimate of drug-likeness (QED) is 0.631. The molecule has 188 valence electrons. The highest BCUT2D eigenvalue weighted by Gasteiger charge is 2.34. The Bertz CT molecular complexity index is 970. The Hall–Kier alpha value is -2.38. The van der Waals surface area contributed by atoms with Crippen molar-refractivity contribution < 1.29 is 4.79 Å². The number of hydrogen-bond donors (Lipinski definition) is 1. The van der Waals surface area contributed by atoms with Crippen LogP contribution >= 0.6 is 11.6 Å². The summed E-state index contributed by atoms with van der Waals surface area (Å²) in [5.41, 5.74) is 1.02. The van der Waals surface area contributed by atoms with Gasteiger partial charge in [-0.2, -0.15) is 4.98 Å². The summed E-state index contributed by atoms with van der Waals surface area (Å²) < 4.78 is 0. The molecule has 1 N–H and O–H groups in total. The summed E-state index contributed by atoms with van der Waals surface area (Å²) in [4.78, 5) is 29.3. The zero-order valence-electron chi connectivity index (χ0n) is 20.5. The molecule has 7 nitrogen and oxygen atoms in total. The van der Waals surface area contributed by atoms with Crippen LogP contribution < -0.4 is 10.2 Å². The molecule has 0 saturated carbocycles. The van der Waals surface area contributed by atoms with Gasteiger partial charge in [-0.25, -0.2) is 4.98 Å². The van der Waals surface area contributed by atoms with Gasteiger partial charge in [0.1, 0.15) is 5.82 Å². The van der Waals surface area contributed by atoms with Crippen LogP contribution in [0, 0.1) is 0 Å². The van der Waals surface area contributed by atoms with E-state index in [-0.39, 0.29) is 12.1 Å². The van der Waals surface area contributed by atoms with E-state index in [4.69, 9.17) is 16.6 Å². The van der Waals surface area contributed by atoms with Crippen LogP contribution in [0.25, 0.3) is 0 Å². The third-order valence-corrected chi connectivity index (χ3v) is 7.97. The lowest BCUT2D eigenvalue weighted by molar-refractivity contribution is -0.132. The van der Waals surface area contributed by atoms with Crippen molar-refractivity contribution in [3.63, 3.8) is 0 Å². The molecule has 1 aromatic carbocycles. The summed E-state index contributed by atoms with van der Waals surface area (Å²) in [5.74, 6) is 1.99. The van der Waals surface area contributed by atoms with Gasteiger partial charge in [0, 0.05) is 50.0 Å². The predicted molar refractivity (Wildman–Crippen MR) is 141 cm³/mol. The zero-order valence-corrected chi connectivity index (χ0v) is 21.3. The lowest BCUT2D eigenvalue weighted by Crippen LogP contribution is -2.50. The molecule has 8 heteroatoms. The summed E-state index contributed by atoms with van der Waals surface area (Å²) in [5, 5.41) is 4.34. The van der Waals surface area contributed by atoms with Gasteiger partial charge in [0.25, 0.3) is 0 Å². The molecule has 3 fully saturated rings. The lowest BCUT2D eigenvalue weighted by Gasteiger charge is -2.39. The number of aromatic nitrogens is 2. The molecule has 3 saturated heterocycles. The van der Waals surface area contributed by atoms with E-state index < -0.39 is 0 Å². The second-order valence-electron chi connectivity index (χ2n) is 10.1. The van der Waals surface area contributed by atoms with Gasteiger partial charge in [-0.15, -0.1) is 0 Å². The molecule has 3 aliphatic heterocycles. The Kier molecular flexibility index (Phi) is 8.04. The van der Waals surface area contributed by atoms with Gasteiger partial charge in [0.05, 0.1) is 12.6 Å². The van der Waals surface area contributed by atoms with Crippen molar-refractivity contribution in [2.45, 2.75) is 70.0 Å². The van der Waals surface area contributed by atoms with Crippen LogP contribution in [0.1, 0.15) is 56.9 Å². The van der Waals surface area contributed by atoms with E-state index in [9.17, 15) is 4.79 Å². The molecule has 5 rings (SSSR count). The summed E-state index contributed by atoms with van der Waals surface area (Å²) in [6, 6.07) is 10.1. The van der Waals surface area contributed by atoms with E-state index in [1.165, 1.54) is 32.1 Å². The second-order valence-corrected chi connectivity index (χ2v) is 10.5. The Morgan fingerprint density at radius 2 is 1.66 bits per heavy atom. The smallest absolute Gasteiger partial charge is 0.226 e. The number of carbonyl (C=O) groups is 1. The fraction of sp³-hybridized carbons (Fsp3) is 0.593. The Balaban J connectivity index is 1.14. The highest BCUT2D eigenvalue weighted by atomic mass is 35.5. The van der Waals surface area contributed by atoms with Crippen LogP contribution in [0.4, 0.5) is 11.8 Å². The van der Waals surface area contributed by atoms with Crippen molar-refractivity contribution in [3.05, 3.63) is 47.1 Å². The maximum Gasteiger partial charge on any atom is 0.226 e. The fourth-order valence-corrected chi connectivity index (χ4v) is 5.89. The zero-order chi connectivity index (χ0) is 24.0. The standard InChI is InChI=1S/C27H37ClN6O/c28-22-9-7-21(8-10-22)20-26(35)33-18-12-23(13-19-33)34-17-5-6-25(34)31-27-29-14-11-24(30-27)32-15-3-1-2-4-16-32/h7-11,14,23,25H,1-6,12-13,15-20H2,(H,29,30,31). The third kappa shape index (κ3) is 6.25. The van der Waals surface area contributed by atoms with Crippen LogP contribution in [0.3, 0.4) is 0 Å². The van der Waals surface area contributed by atoms with Gasteiger partial charge in [-0.3, -0.25) is 9.69 Å². The molecule has 35 heavy (non-hydrogen) atoms. The predicted octanol–water partition coefficient (Wildman–Crippen LogP) is 4.58. The SMILES string of the molecule is O=C(Cc1ccc(Cl)cc1)N1CCC(N2CCCC2Nc2nccc(N3CCCCCC3)n2)CC1. The number of halogens is 1. The number of carbonyl (C=O) groups excluding carboxylic acids is 1. The summed E-state index contributed by atoms with van der Waals surface area (Å²) in [6.07, 6.45) is 12.0. The highest BCUT2D eigenvalue weighted by molar-refractivity contribution is 6.30. The maximum absolute atomic E-state index is 12.8. The van der Waals surface area contributed by atoms with Gasteiger partial charge in [-0.05, 0) is 62.3 Å². The minimum atomic E-state index is 0.209. The first-order valence-electron chi connectivity index (χ1n) is 13.3. The number of likely N-dealkylation sites (tertiary alicyclic amines) is 2. The van der Waals surface area contributed by atoms with Crippen LogP contribution in [-0.2, 0) is 11.2 Å². The summed E-state index contributed by atoms with van der Waals surface area (Å²) in [7, 11) is 0. The molecular weight excluding hydrogens is 460 g/mol. The topological polar surface area (TPSA) is 64.6 Å².